The zero-order valence-corrected chi connectivity index (χ0v) is 11.4. The van der Waals surface area contributed by atoms with E-state index in [2.05, 4.69) is 22.8 Å². The van der Waals surface area contributed by atoms with Crippen molar-refractivity contribution < 1.29 is 4.79 Å². The number of para-hydroxylation sites is 1. The van der Waals surface area contributed by atoms with E-state index in [-0.39, 0.29) is 11.4 Å². The van der Waals surface area contributed by atoms with Crippen molar-refractivity contribution in [2.24, 2.45) is 0 Å². The fraction of sp³-hybridized carbons (Fsp3) is 0.0833. The molecule has 0 aliphatic heterocycles. The van der Waals surface area contributed by atoms with E-state index in [1.807, 2.05) is 6.07 Å². The van der Waals surface area contributed by atoms with Gasteiger partial charge in [0.1, 0.15) is 0 Å². The van der Waals surface area contributed by atoms with E-state index >= 15 is 0 Å². The van der Waals surface area contributed by atoms with Crippen molar-refractivity contribution in [3.8, 4) is 0 Å². The molecule has 1 aromatic carbocycles. The second-order valence-corrected chi connectivity index (χ2v) is 4.89. The van der Waals surface area contributed by atoms with Crippen LogP contribution in [0.5, 0.6) is 0 Å². The Morgan fingerprint density at radius 3 is 2.63 bits per heavy atom. The van der Waals surface area contributed by atoms with Crippen LogP contribution in [0.25, 0.3) is 4.85 Å². The van der Waals surface area contributed by atoms with Crippen LogP contribution in [0.3, 0.4) is 0 Å². The molecule has 1 amide bonds. The molecule has 0 fully saturated rings. The minimum Gasteiger partial charge on any atom is -0.307 e. The zero-order chi connectivity index (χ0) is 13.8. The summed E-state index contributed by atoms with van der Waals surface area (Å²) in [7, 11) is 0. The molecule has 2 rings (SSSR count). The van der Waals surface area contributed by atoms with Crippen LogP contribution in [-0.2, 0) is 5.75 Å². The maximum atomic E-state index is 12.0. The fourth-order valence-electron chi connectivity index (χ4n) is 1.45. The second kappa shape index (κ2) is 5.73. The van der Waals surface area contributed by atoms with Gasteiger partial charge in [0.15, 0.2) is 0 Å². The Labute approximate surface area is 118 Å². The number of nitrogens with zero attached hydrogens (tertiary/aromatic N) is 2. The number of nitrogens with one attached hydrogen (secondary N) is 1. The molecule has 0 bridgehead atoms. The molecule has 2 aromatic rings. The summed E-state index contributed by atoms with van der Waals surface area (Å²) in [4.78, 5) is 27.5. The van der Waals surface area contributed by atoms with E-state index in [1.54, 1.807) is 24.3 Å². The Hall–Kier alpha value is -2.04. The van der Waals surface area contributed by atoms with Crippen molar-refractivity contribution in [2.45, 2.75) is 5.75 Å². The Morgan fingerprint density at radius 1 is 1.42 bits per heavy atom. The highest BCUT2D eigenvalue weighted by molar-refractivity contribution is 7.79. The van der Waals surface area contributed by atoms with Crippen LogP contribution >= 0.6 is 24.2 Å². The van der Waals surface area contributed by atoms with Gasteiger partial charge in [-0.25, -0.2) is 9.64 Å². The molecule has 0 radical (unpaired) electrons. The molecular weight excluding hydrogens is 282 g/mol. The van der Waals surface area contributed by atoms with Crippen LogP contribution in [0, 0.1) is 6.57 Å². The quantitative estimate of drug-likeness (QED) is 0.660. The minimum absolute atomic E-state index is 0.0387. The number of carbonyl (C=O) groups excluding carboxylic acids is 1. The first-order chi connectivity index (χ1) is 9.17. The monoisotopic (exact) mass is 291 g/mol. The van der Waals surface area contributed by atoms with Crippen LogP contribution in [0.4, 0.5) is 16.2 Å². The Kier molecular flexibility index (Phi) is 4.04. The van der Waals surface area contributed by atoms with Gasteiger partial charge in [-0.1, -0.05) is 29.7 Å². The lowest BCUT2D eigenvalue weighted by Gasteiger charge is -2.03. The molecule has 1 N–H and O–H groups in total. The summed E-state index contributed by atoms with van der Waals surface area (Å²) in [6.07, 6.45) is 0. The first-order valence-corrected chi connectivity index (χ1v) is 6.68. The predicted octanol–water partition coefficient (Wildman–Crippen LogP) is 2.97. The van der Waals surface area contributed by atoms with Crippen molar-refractivity contribution in [1.82, 2.24) is 3.96 Å². The van der Waals surface area contributed by atoms with Crippen molar-refractivity contribution >= 4 is 41.6 Å². The second-order valence-electron chi connectivity index (χ2n) is 3.53. The first-order valence-electron chi connectivity index (χ1n) is 5.27. The van der Waals surface area contributed by atoms with E-state index in [0.717, 1.165) is 15.5 Å². The zero-order valence-electron chi connectivity index (χ0n) is 9.66. The molecule has 0 aliphatic rings. The largest absolute Gasteiger partial charge is 0.341 e. The lowest BCUT2D eigenvalue weighted by atomic mass is 10.3. The molecule has 0 aliphatic carbocycles. The molecule has 1 aromatic heterocycles. The number of hydrogen-bond acceptors (Lipinski definition) is 4. The number of hydrogen-bond donors (Lipinski definition) is 2. The maximum Gasteiger partial charge on any atom is 0.341 e. The van der Waals surface area contributed by atoms with Crippen molar-refractivity contribution in [3.05, 3.63) is 57.0 Å². The van der Waals surface area contributed by atoms with Crippen molar-refractivity contribution in [1.29, 1.82) is 0 Å². The predicted molar refractivity (Wildman–Crippen MR) is 78.4 cm³/mol. The molecule has 5 nitrogen and oxygen atoms in total. The third kappa shape index (κ3) is 2.70. The molecule has 0 saturated heterocycles. The number of amides is 1. The Morgan fingerprint density at radius 2 is 2.11 bits per heavy atom. The smallest absolute Gasteiger partial charge is 0.307 e. The van der Waals surface area contributed by atoms with Gasteiger partial charge in [0.05, 0.1) is 6.57 Å². The highest BCUT2D eigenvalue weighted by Gasteiger charge is 2.18. The standard InChI is InChI=1S/C12H9N3O2S2/c1-13-10-9(7-18)19-15(11(10)16)12(17)14-8-5-3-2-4-6-8/h2-6,18H,7H2,(H,14,17). The van der Waals surface area contributed by atoms with Crippen LogP contribution in [-0.4, -0.2) is 9.99 Å². The molecule has 0 unspecified atom stereocenters. The molecule has 0 saturated carbocycles. The summed E-state index contributed by atoms with van der Waals surface area (Å²) < 4.78 is 0.936. The fourth-order valence-corrected chi connectivity index (χ4v) is 2.57. The average molecular weight is 291 g/mol. The molecule has 7 heteroatoms. The van der Waals surface area contributed by atoms with Crippen LogP contribution < -0.4 is 10.9 Å². The lowest BCUT2D eigenvalue weighted by molar-refractivity contribution is 0.255. The third-order valence-electron chi connectivity index (χ3n) is 2.32. The molecular formula is C12H9N3O2S2. The van der Waals surface area contributed by atoms with Crippen LogP contribution in [0.1, 0.15) is 4.88 Å². The van der Waals surface area contributed by atoms with Crippen LogP contribution in [0.15, 0.2) is 35.1 Å². The van der Waals surface area contributed by atoms with E-state index in [1.165, 1.54) is 0 Å². The van der Waals surface area contributed by atoms with E-state index in [0.29, 0.717) is 10.6 Å². The lowest BCUT2D eigenvalue weighted by Crippen LogP contribution is -2.26. The summed E-state index contributed by atoms with van der Waals surface area (Å²) in [6.45, 7) is 6.96. The summed E-state index contributed by atoms with van der Waals surface area (Å²) in [5, 5.41) is 2.59. The number of benzene rings is 1. The number of carbonyl (C=O) groups is 1. The van der Waals surface area contributed by atoms with Gasteiger partial charge in [0, 0.05) is 16.3 Å². The number of anilines is 1. The summed E-state index contributed by atoms with van der Waals surface area (Å²) in [6, 6.07) is 8.23. The average Bonchev–Trinajstić information content (AvgIpc) is 2.76. The van der Waals surface area contributed by atoms with Gasteiger partial charge in [-0.15, -0.1) is 0 Å². The Bertz CT molecular complexity index is 698. The van der Waals surface area contributed by atoms with E-state index in [4.69, 9.17) is 6.57 Å². The summed E-state index contributed by atoms with van der Waals surface area (Å²) in [5.74, 6) is 0.253. The summed E-state index contributed by atoms with van der Waals surface area (Å²) in [5.41, 5.74) is -0.0507. The summed E-state index contributed by atoms with van der Waals surface area (Å²) >= 11 is 4.99. The van der Waals surface area contributed by atoms with E-state index in [9.17, 15) is 9.59 Å². The van der Waals surface area contributed by atoms with E-state index < -0.39 is 11.6 Å². The van der Waals surface area contributed by atoms with Gasteiger partial charge < -0.3 is 5.32 Å². The van der Waals surface area contributed by atoms with Gasteiger partial charge in [0.2, 0.25) is 0 Å². The van der Waals surface area contributed by atoms with Gasteiger partial charge in [-0.3, -0.25) is 4.79 Å². The number of thiol groups is 1. The molecule has 1 heterocycles. The SMILES string of the molecule is [C-]#[N+]c1c(CS)sn(C(=O)Nc2ccccc2)c1=O. The topological polar surface area (TPSA) is 55.5 Å². The van der Waals surface area contributed by atoms with Gasteiger partial charge >= 0.3 is 6.03 Å². The first kappa shape index (κ1) is 13.4. The van der Waals surface area contributed by atoms with Gasteiger partial charge in [-0.05, 0) is 12.1 Å². The highest BCUT2D eigenvalue weighted by Crippen LogP contribution is 2.22. The molecule has 19 heavy (non-hydrogen) atoms. The van der Waals surface area contributed by atoms with Crippen molar-refractivity contribution in [3.63, 3.8) is 0 Å². The minimum atomic E-state index is -0.600. The third-order valence-corrected chi connectivity index (χ3v) is 3.92. The molecule has 96 valence electrons. The van der Waals surface area contributed by atoms with Gasteiger partial charge in [-0.2, -0.15) is 16.6 Å². The number of aromatic nitrogens is 1. The normalized spacial score (nSPS) is 9.89. The highest BCUT2D eigenvalue weighted by atomic mass is 32.1. The number of rotatable bonds is 2. The van der Waals surface area contributed by atoms with Crippen molar-refractivity contribution in [2.75, 3.05) is 5.32 Å². The maximum absolute atomic E-state index is 12.0. The molecule has 0 spiro atoms. The van der Waals surface area contributed by atoms with Crippen LogP contribution in [0.2, 0.25) is 0 Å². The Balaban J connectivity index is 2.33. The van der Waals surface area contributed by atoms with Gasteiger partial charge in [0.25, 0.3) is 11.2 Å². The molecule has 0 atom stereocenters.